The zero-order valence-electron chi connectivity index (χ0n) is 11.5. The van der Waals surface area contributed by atoms with Crippen LogP contribution in [0.2, 0.25) is 0 Å². The number of fused-ring (bicyclic) bond motifs is 2. The van der Waals surface area contributed by atoms with Gasteiger partial charge in [-0.05, 0) is 19.1 Å². The molecule has 0 bridgehead atoms. The van der Waals surface area contributed by atoms with Gasteiger partial charge in [-0.1, -0.05) is 6.07 Å². The van der Waals surface area contributed by atoms with E-state index in [1.807, 2.05) is 35.7 Å². The van der Waals surface area contributed by atoms with Gasteiger partial charge in [0.05, 0.1) is 17.9 Å². The second-order valence-electron chi connectivity index (χ2n) is 5.13. The summed E-state index contributed by atoms with van der Waals surface area (Å²) in [6.07, 6.45) is 5.16. The summed E-state index contributed by atoms with van der Waals surface area (Å²) in [5, 5.41) is 0. The predicted octanol–water partition coefficient (Wildman–Crippen LogP) is 1.59. The smallest absolute Gasteiger partial charge is 0.273 e. The average Bonchev–Trinajstić information content (AvgIpc) is 3.06. The Morgan fingerprint density at radius 1 is 1.29 bits per heavy atom. The Bertz CT molecular complexity index is 829. The molecule has 0 saturated heterocycles. The van der Waals surface area contributed by atoms with E-state index in [-0.39, 0.29) is 5.91 Å². The number of carbonyl (C=O) groups is 1. The molecule has 0 radical (unpaired) electrons. The molecule has 0 unspecified atom stereocenters. The monoisotopic (exact) mass is 279 g/mol. The van der Waals surface area contributed by atoms with Crippen molar-refractivity contribution in [2.75, 3.05) is 0 Å². The van der Waals surface area contributed by atoms with Gasteiger partial charge in [0.25, 0.3) is 5.91 Å². The molecule has 0 N–H and O–H groups in total. The van der Waals surface area contributed by atoms with Crippen LogP contribution in [0.15, 0.2) is 36.9 Å². The molecule has 6 heteroatoms. The largest absolute Gasteiger partial charge is 0.327 e. The first-order chi connectivity index (χ1) is 10.2. The van der Waals surface area contributed by atoms with Gasteiger partial charge in [0, 0.05) is 24.5 Å². The number of aromatic nitrogens is 4. The first-order valence-corrected chi connectivity index (χ1v) is 6.75. The highest BCUT2D eigenvalue weighted by atomic mass is 16.2. The number of hydrogen-bond acceptors (Lipinski definition) is 4. The van der Waals surface area contributed by atoms with E-state index in [0.29, 0.717) is 18.8 Å². The molecule has 0 atom stereocenters. The van der Waals surface area contributed by atoms with E-state index in [1.165, 1.54) is 6.33 Å². The van der Waals surface area contributed by atoms with Crippen molar-refractivity contribution in [1.29, 1.82) is 0 Å². The summed E-state index contributed by atoms with van der Waals surface area (Å²) in [7, 11) is 0. The molecule has 0 saturated carbocycles. The lowest BCUT2D eigenvalue weighted by Crippen LogP contribution is -2.27. The van der Waals surface area contributed by atoms with Crippen LogP contribution in [0.4, 0.5) is 0 Å². The lowest BCUT2D eigenvalue weighted by molar-refractivity contribution is 0.0742. The van der Waals surface area contributed by atoms with Gasteiger partial charge >= 0.3 is 0 Å². The topological polar surface area (TPSA) is 63.4 Å². The number of hydrogen-bond donors (Lipinski definition) is 0. The van der Waals surface area contributed by atoms with Crippen molar-refractivity contribution in [3.63, 3.8) is 0 Å². The van der Waals surface area contributed by atoms with Gasteiger partial charge in [0.2, 0.25) is 0 Å². The van der Waals surface area contributed by atoms with E-state index in [0.717, 1.165) is 22.6 Å². The van der Waals surface area contributed by atoms with Crippen molar-refractivity contribution in [1.82, 2.24) is 24.3 Å². The summed E-state index contributed by atoms with van der Waals surface area (Å²) in [6.45, 7) is 2.94. The van der Waals surface area contributed by atoms with Crippen LogP contribution < -0.4 is 0 Å². The van der Waals surface area contributed by atoms with Crippen LogP contribution in [0, 0.1) is 6.92 Å². The zero-order valence-corrected chi connectivity index (χ0v) is 11.5. The Labute approximate surface area is 121 Å². The molecule has 104 valence electrons. The molecule has 0 aromatic carbocycles. The Hall–Kier alpha value is -2.76. The summed E-state index contributed by atoms with van der Waals surface area (Å²) >= 11 is 0. The van der Waals surface area contributed by atoms with Crippen molar-refractivity contribution < 1.29 is 4.79 Å². The van der Waals surface area contributed by atoms with Crippen LogP contribution in [0.25, 0.3) is 5.65 Å². The second-order valence-corrected chi connectivity index (χ2v) is 5.13. The standard InChI is InChI=1S/C15H13N5O/c1-10-14(20-5-3-2-4-13(20)18-10)15(21)19-7-11-6-16-9-17-12(11)8-19/h2-6,9H,7-8H2,1H3. The minimum Gasteiger partial charge on any atom is -0.327 e. The molecule has 1 aliphatic rings. The third-order valence-corrected chi connectivity index (χ3v) is 3.78. The number of pyridine rings is 1. The molecule has 4 heterocycles. The van der Waals surface area contributed by atoms with Gasteiger partial charge in [-0.2, -0.15) is 0 Å². The van der Waals surface area contributed by atoms with Crippen LogP contribution in [-0.4, -0.2) is 30.2 Å². The summed E-state index contributed by atoms with van der Waals surface area (Å²) in [5.41, 5.74) is 4.08. The van der Waals surface area contributed by atoms with Crippen LogP contribution in [0.3, 0.4) is 0 Å². The molecule has 0 spiro atoms. The van der Waals surface area contributed by atoms with Gasteiger partial charge < -0.3 is 4.90 Å². The van der Waals surface area contributed by atoms with E-state index >= 15 is 0 Å². The highest BCUT2D eigenvalue weighted by Gasteiger charge is 2.28. The minimum absolute atomic E-state index is 0.0239. The van der Waals surface area contributed by atoms with Gasteiger partial charge in [0.15, 0.2) is 0 Å². The molecule has 0 fully saturated rings. The Kier molecular flexibility index (Phi) is 2.50. The first kappa shape index (κ1) is 12.0. The first-order valence-electron chi connectivity index (χ1n) is 6.75. The fourth-order valence-corrected chi connectivity index (χ4v) is 2.77. The Morgan fingerprint density at radius 3 is 3.05 bits per heavy atom. The lowest BCUT2D eigenvalue weighted by atomic mass is 10.3. The van der Waals surface area contributed by atoms with Crippen molar-refractivity contribution in [2.45, 2.75) is 20.0 Å². The maximum absolute atomic E-state index is 12.8. The number of carbonyl (C=O) groups excluding carboxylic acids is 1. The fraction of sp³-hybridized carbons (Fsp3) is 0.200. The van der Waals surface area contributed by atoms with Gasteiger partial charge in [-0.3, -0.25) is 9.20 Å². The summed E-state index contributed by atoms with van der Waals surface area (Å²) in [6, 6.07) is 5.71. The third kappa shape index (κ3) is 1.79. The van der Waals surface area contributed by atoms with E-state index in [9.17, 15) is 4.79 Å². The van der Waals surface area contributed by atoms with E-state index < -0.39 is 0 Å². The Morgan fingerprint density at radius 2 is 2.19 bits per heavy atom. The summed E-state index contributed by atoms with van der Waals surface area (Å²) in [5.74, 6) is -0.0239. The molecule has 4 rings (SSSR count). The predicted molar refractivity (Wildman–Crippen MR) is 75.5 cm³/mol. The zero-order chi connectivity index (χ0) is 14.4. The fourth-order valence-electron chi connectivity index (χ4n) is 2.77. The van der Waals surface area contributed by atoms with E-state index in [1.54, 1.807) is 11.1 Å². The van der Waals surface area contributed by atoms with Gasteiger partial charge in [-0.25, -0.2) is 15.0 Å². The van der Waals surface area contributed by atoms with E-state index in [2.05, 4.69) is 15.0 Å². The quantitative estimate of drug-likeness (QED) is 0.678. The molecule has 3 aromatic rings. The highest BCUT2D eigenvalue weighted by Crippen LogP contribution is 2.23. The number of rotatable bonds is 1. The molecule has 3 aromatic heterocycles. The lowest BCUT2D eigenvalue weighted by Gasteiger charge is -2.15. The molecule has 1 aliphatic heterocycles. The van der Waals surface area contributed by atoms with Gasteiger partial charge in [-0.15, -0.1) is 0 Å². The number of amides is 1. The summed E-state index contributed by atoms with van der Waals surface area (Å²) < 4.78 is 1.84. The maximum atomic E-state index is 12.8. The minimum atomic E-state index is -0.0239. The molecule has 21 heavy (non-hydrogen) atoms. The molecule has 0 aliphatic carbocycles. The third-order valence-electron chi connectivity index (χ3n) is 3.78. The van der Waals surface area contributed by atoms with Crippen molar-refractivity contribution in [3.05, 3.63) is 59.6 Å². The summed E-state index contributed by atoms with van der Waals surface area (Å²) in [4.78, 5) is 27.3. The van der Waals surface area contributed by atoms with Crippen molar-refractivity contribution >= 4 is 11.6 Å². The number of nitrogens with zero attached hydrogens (tertiary/aromatic N) is 5. The van der Waals surface area contributed by atoms with Crippen LogP contribution >= 0.6 is 0 Å². The average molecular weight is 279 g/mol. The van der Waals surface area contributed by atoms with Crippen molar-refractivity contribution in [3.8, 4) is 0 Å². The number of imidazole rings is 1. The SMILES string of the molecule is Cc1nc2ccccn2c1C(=O)N1Cc2cncnc2C1. The molecule has 6 nitrogen and oxygen atoms in total. The normalized spacial score (nSPS) is 13.7. The van der Waals surface area contributed by atoms with Gasteiger partial charge in [0.1, 0.15) is 17.7 Å². The highest BCUT2D eigenvalue weighted by molar-refractivity contribution is 5.95. The second kappa shape index (κ2) is 4.37. The molecular weight excluding hydrogens is 266 g/mol. The Balaban J connectivity index is 1.74. The van der Waals surface area contributed by atoms with Crippen LogP contribution in [0.1, 0.15) is 27.4 Å². The number of aryl methyl sites for hydroxylation is 1. The van der Waals surface area contributed by atoms with E-state index in [4.69, 9.17) is 0 Å². The maximum Gasteiger partial charge on any atom is 0.273 e. The molecule has 1 amide bonds. The molecular formula is C15H13N5O. The van der Waals surface area contributed by atoms with Crippen LogP contribution in [-0.2, 0) is 13.1 Å². The van der Waals surface area contributed by atoms with Crippen molar-refractivity contribution in [2.24, 2.45) is 0 Å². The van der Waals surface area contributed by atoms with Crippen LogP contribution in [0.5, 0.6) is 0 Å².